The largest absolute Gasteiger partial charge is 0.478 e. The Labute approximate surface area is 103 Å². The van der Waals surface area contributed by atoms with Crippen LogP contribution in [-0.4, -0.2) is 39.4 Å². The Balaban J connectivity index is 0.000000411. The number of carboxylic acid groups (broad SMARTS) is 1. The SMILES string of the molecule is CC(CO)CO.O=C(O)c1ccc([N+](=O)[O-])cc1. The van der Waals surface area contributed by atoms with Gasteiger partial charge in [0, 0.05) is 31.3 Å². The van der Waals surface area contributed by atoms with Gasteiger partial charge in [0.25, 0.3) is 5.69 Å². The van der Waals surface area contributed by atoms with Crippen LogP contribution in [0.25, 0.3) is 0 Å². The van der Waals surface area contributed by atoms with E-state index in [0.717, 1.165) is 12.1 Å². The summed E-state index contributed by atoms with van der Waals surface area (Å²) in [6.45, 7) is 1.94. The second kappa shape index (κ2) is 8.15. The molecule has 0 fully saturated rings. The minimum atomic E-state index is -1.09. The normalized spacial score (nSPS) is 9.56. The highest BCUT2D eigenvalue weighted by Crippen LogP contribution is 2.11. The lowest BCUT2D eigenvalue weighted by molar-refractivity contribution is -0.384. The average Bonchev–Trinajstić information content (AvgIpc) is 2.38. The molecule has 0 saturated carbocycles. The van der Waals surface area contributed by atoms with Gasteiger partial charge in [0.15, 0.2) is 0 Å². The van der Waals surface area contributed by atoms with E-state index in [0.29, 0.717) is 0 Å². The van der Waals surface area contributed by atoms with E-state index in [1.807, 2.05) is 0 Å². The fourth-order valence-electron chi connectivity index (χ4n) is 0.783. The van der Waals surface area contributed by atoms with E-state index in [9.17, 15) is 14.9 Å². The first kappa shape index (κ1) is 16.0. The highest BCUT2D eigenvalue weighted by atomic mass is 16.6. The number of carboxylic acids is 1. The first-order valence-corrected chi connectivity index (χ1v) is 5.11. The summed E-state index contributed by atoms with van der Waals surface area (Å²) in [5.41, 5.74) is -0.0689. The van der Waals surface area contributed by atoms with Gasteiger partial charge < -0.3 is 15.3 Å². The summed E-state index contributed by atoms with van der Waals surface area (Å²) in [6.07, 6.45) is 0. The number of nitrogens with zero attached hydrogens (tertiary/aromatic N) is 1. The monoisotopic (exact) mass is 257 g/mol. The zero-order valence-electron chi connectivity index (χ0n) is 9.81. The van der Waals surface area contributed by atoms with E-state index >= 15 is 0 Å². The van der Waals surface area contributed by atoms with Crippen LogP contribution in [0.15, 0.2) is 24.3 Å². The van der Waals surface area contributed by atoms with E-state index in [1.54, 1.807) is 6.92 Å². The third kappa shape index (κ3) is 5.92. The molecule has 0 aliphatic heterocycles. The number of aliphatic hydroxyl groups excluding tert-OH is 2. The molecule has 0 saturated heterocycles. The zero-order valence-corrected chi connectivity index (χ0v) is 9.81. The molecule has 0 unspecified atom stereocenters. The lowest BCUT2D eigenvalue weighted by atomic mass is 10.2. The van der Waals surface area contributed by atoms with Crippen LogP contribution in [0, 0.1) is 16.0 Å². The third-order valence-electron chi connectivity index (χ3n) is 1.95. The molecule has 18 heavy (non-hydrogen) atoms. The molecule has 1 aromatic rings. The Bertz CT molecular complexity index is 352. The van der Waals surface area contributed by atoms with Crippen molar-refractivity contribution in [3.05, 3.63) is 39.9 Å². The van der Waals surface area contributed by atoms with Crippen LogP contribution in [0.1, 0.15) is 17.3 Å². The van der Waals surface area contributed by atoms with Gasteiger partial charge >= 0.3 is 5.97 Å². The molecule has 1 aromatic carbocycles. The van der Waals surface area contributed by atoms with Crippen molar-refractivity contribution in [3.8, 4) is 0 Å². The second-order valence-electron chi connectivity index (χ2n) is 3.58. The van der Waals surface area contributed by atoms with Crippen molar-refractivity contribution in [2.75, 3.05) is 13.2 Å². The van der Waals surface area contributed by atoms with Crippen molar-refractivity contribution in [2.45, 2.75) is 6.92 Å². The number of nitro groups is 1. The van der Waals surface area contributed by atoms with Crippen molar-refractivity contribution in [3.63, 3.8) is 0 Å². The van der Waals surface area contributed by atoms with Gasteiger partial charge in [-0.05, 0) is 12.1 Å². The van der Waals surface area contributed by atoms with Gasteiger partial charge in [0.1, 0.15) is 0 Å². The summed E-state index contributed by atoms with van der Waals surface area (Å²) >= 11 is 0. The topological polar surface area (TPSA) is 121 Å². The summed E-state index contributed by atoms with van der Waals surface area (Å²) < 4.78 is 0. The molecule has 7 heteroatoms. The molecule has 100 valence electrons. The summed E-state index contributed by atoms with van der Waals surface area (Å²) in [5.74, 6) is -1.05. The highest BCUT2D eigenvalue weighted by molar-refractivity contribution is 5.87. The van der Waals surface area contributed by atoms with Gasteiger partial charge in [-0.3, -0.25) is 10.1 Å². The van der Waals surface area contributed by atoms with Crippen LogP contribution < -0.4 is 0 Å². The molecule has 3 N–H and O–H groups in total. The molecular formula is C11H15NO6. The van der Waals surface area contributed by atoms with Crippen LogP contribution in [0.5, 0.6) is 0 Å². The van der Waals surface area contributed by atoms with Gasteiger partial charge in [-0.2, -0.15) is 0 Å². The second-order valence-corrected chi connectivity index (χ2v) is 3.58. The Morgan fingerprint density at radius 2 is 1.72 bits per heavy atom. The maximum absolute atomic E-state index is 10.3. The number of non-ortho nitro benzene ring substituents is 1. The number of aliphatic hydroxyl groups is 2. The van der Waals surface area contributed by atoms with Crippen LogP contribution in [0.4, 0.5) is 5.69 Å². The zero-order chi connectivity index (χ0) is 14.1. The minimum Gasteiger partial charge on any atom is -0.478 e. The van der Waals surface area contributed by atoms with Gasteiger partial charge in [0.05, 0.1) is 10.5 Å². The summed E-state index contributed by atoms with van der Waals surface area (Å²) in [5, 5.41) is 34.9. The molecule has 0 spiro atoms. The van der Waals surface area contributed by atoms with Crippen LogP contribution in [0.3, 0.4) is 0 Å². The molecule has 1 rings (SSSR count). The molecule has 0 aromatic heterocycles. The Morgan fingerprint density at radius 1 is 1.28 bits per heavy atom. The van der Waals surface area contributed by atoms with Gasteiger partial charge in [0.2, 0.25) is 0 Å². The fraction of sp³-hybridized carbons (Fsp3) is 0.364. The molecule has 0 heterocycles. The molecule has 0 aliphatic carbocycles. The molecule has 0 atom stereocenters. The predicted octanol–water partition coefficient (Wildman–Crippen LogP) is 0.900. The standard InChI is InChI=1S/C7H5NO4.C4H10O2/c9-7(10)5-1-3-6(4-2-5)8(11)12;1-4(2-5)3-6/h1-4H,(H,9,10);4-6H,2-3H2,1H3. The molecule has 0 bridgehead atoms. The lowest BCUT2D eigenvalue weighted by Gasteiger charge is -1.97. The van der Waals surface area contributed by atoms with Crippen molar-refractivity contribution in [1.82, 2.24) is 0 Å². The first-order chi connectivity index (χ1) is 8.42. The lowest BCUT2D eigenvalue weighted by Crippen LogP contribution is -2.04. The Morgan fingerprint density at radius 3 is 1.94 bits per heavy atom. The van der Waals surface area contributed by atoms with E-state index in [2.05, 4.69) is 0 Å². The number of benzene rings is 1. The Kier molecular flexibility index (Phi) is 7.25. The number of nitro benzene ring substituents is 1. The molecule has 0 radical (unpaired) electrons. The molecule has 0 amide bonds. The van der Waals surface area contributed by atoms with E-state index in [1.165, 1.54) is 12.1 Å². The van der Waals surface area contributed by atoms with Crippen molar-refractivity contribution in [2.24, 2.45) is 5.92 Å². The fourth-order valence-corrected chi connectivity index (χ4v) is 0.783. The van der Waals surface area contributed by atoms with Crippen LogP contribution in [0.2, 0.25) is 0 Å². The molecule has 0 aliphatic rings. The average molecular weight is 257 g/mol. The van der Waals surface area contributed by atoms with Crippen LogP contribution in [-0.2, 0) is 0 Å². The minimum absolute atomic E-state index is 0.0422. The van der Waals surface area contributed by atoms with Crippen LogP contribution >= 0.6 is 0 Å². The summed E-state index contributed by atoms with van der Waals surface area (Å²) in [7, 11) is 0. The number of aromatic carboxylic acids is 1. The van der Waals surface area contributed by atoms with Crippen molar-refractivity contribution < 1.29 is 25.0 Å². The van der Waals surface area contributed by atoms with Gasteiger partial charge in [-0.25, -0.2) is 4.79 Å². The maximum atomic E-state index is 10.3. The van der Waals surface area contributed by atoms with Crippen molar-refractivity contribution >= 4 is 11.7 Å². The number of hydrogen-bond acceptors (Lipinski definition) is 5. The smallest absolute Gasteiger partial charge is 0.335 e. The molecular weight excluding hydrogens is 242 g/mol. The van der Waals surface area contributed by atoms with E-state index in [4.69, 9.17) is 15.3 Å². The number of carbonyl (C=O) groups is 1. The Hall–Kier alpha value is -1.99. The third-order valence-corrected chi connectivity index (χ3v) is 1.95. The predicted molar refractivity (Wildman–Crippen MR) is 63.4 cm³/mol. The van der Waals surface area contributed by atoms with E-state index < -0.39 is 10.9 Å². The quantitative estimate of drug-likeness (QED) is 0.544. The number of rotatable bonds is 4. The number of hydrogen-bond donors (Lipinski definition) is 3. The maximum Gasteiger partial charge on any atom is 0.335 e. The van der Waals surface area contributed by atoms with Gasteiger partial charge in [-0.1, -0.05) is 6.92 Å². The van der Waals surface area contributed by atoms with E-state index in [-0.39, 0.29) is 30.4 Å². The first-order valence-electron chi connectivity index (χ1n) is 5.11. The summed E-state index contributed by atoms with van der Waals surface area (Å²) in [6, 6.07) is 4.70. The molecule has 7 nitrogen and oxygen atoms in total. The van der Waals surface area contributed by atoms with Crippen molar-refractivity contribution in [1.29, 1.82) is 0 Å². The highest BCUT2D eigenvalue weighted by Gasteiger charge is 2.06. The van der Waals surface area contributed by atoms with Gasteiger partial charge in [-0.15, -0.1) is 0 Å². The summed E-state index contributed by atoms with van der Waals surface area (Å²) in [4.78, 5) is 19.9.